The summed E-state index contributed by atoms with van der Waals surface area (Å²) in [5.74, 6) is -0.0962. The summed E-state index contributed by atoms with van der Waals surface area (Å²) in [4.78, 5) is 15.5. The van der Waals surface area contributed by atoms with Crippen LogP contribution >= 0.6 is 11.3 Å². The summed E-state index contributed by atoms with van der Waals surface area (Å²) in [7, 11) is -3.63. The lowest BCUT2D eigenvalue weighted by Crippen LogP contribution is -2.28. The topological polar surface area (TPSA) is 76.1 Å². The SMILES string of the molecule is CCC(NS(=O)(=O)c1ccc(C(C)=O)cc1)c1nccs1. The van der Waals surface area contributed by atoms with E-state index < -0.39 is 10.0 Å². The molecule has 0 fully saturated rings. The van der Waals surface area contributed by atoms with Gasteiger partial charge in [-0.1, -0.05) is 19.1 Å². The Labute approximate surface area is 128 Å². The van der Waals surface area contributed by atoms with Crippen molar-refractivity contribution in [1.82, 2.24) is 9.71 Å². The van der Waals surface area contributed by atoms with Crippen molar-refractivity contribution in [3.8, 4) is 0 Å². The first kappa shape index (κ1) is 15.8. The second-order valence-electron chi connectivity index (χ2n) is 4.53. The van der Waals surface area contributed by atoms with Crippen LogP contribution in [0.5, 0.6) is 0 Å². The largest absolute Gasteiger partial charge is 0.295 e. The minimum atomic E-state index is -3.63. The number of carbonyl (C=O) groups is 1. The molecule has 7 heteroatoms. The molecule has 0 aliphatic heterocycles. The number of nitrogens with one attached hydrogen (secondary N) is 1. The molecule has 1 aromatic carbocycles. The number of aromatic nitrogens is 1. The predicted octanol–water partition coefficient (Wildman–Crippen LogP) is 2.78. The van der Waals surface area contributed by atoms with Crippen molar-refractivity contribution in [2.75, 3.05) is 0 Å². The second kappa shape index (κ2) is 6.46. The van der Waals surface area contributed by atoms with Gasteiger partial charge in [0.25, 0.3) is 0 Å². The third-order valence-electron chi connectivity index (χ3n) is 3.03. The standard InChI is InChI=1S/C14H16N2O3S2/c1-3-13(14-15-8-9-20-14)16-21(18,19)12-6-4-11(5-7-12)10(2)17/h4-9,13,16H,3H2,1-2H3. The molecular weight excluding hydrogens is 308 g/mol. The zero-order valence-electron chi connectivity index (χ0n) is 11.7. The lowest BCUT2D eigenvalue weighted by atomic mass is 10.2. The van der Waals surface area contributed by atoms with Gasteiger partial charge in [0.2, 0.25) is 10.0 Å². The van der Waals surface area contributed by atoms with Crippen molar-refractivity contribution in [2.45, 2.75) is 31.2 Å². The van der Waals surface area contributed by atoms with Crippen LogP contribution in [0.4, 0.5) is 0 Å². The van der Waals surface area contributed by atoms with Gasteiger partial charge in [0.1, 0.15) is 5.01 Å². The van der Waals surface area contributed by atoms with Crippen molar-refractivity contribution < 1.29 is 13.2 Å². The fourth-order valence-corrected chi connectivity index (χ4v) is 3.97. The molecule has 1 aromatic heterocycles. The number of thiazole rings is 1. The molecule has 5 nitrogen and oxygen atoms in total. The van der Waals surface area contributed by atoms with Gasteiger partial charge in [-0.15, -0.1) is 11.3 Å². The van der Waals surface area contributed by atoms with Crippen molar-refractivity contribution in [2.24, 2.45) is 0 Å². The van der Waals surface area contributed by atoms with Crippen molar-refractivity contribution in [3.05, 3.63) is 46.4 Å². The first-order valence-corrected chi connectivity index (χ1v) is 8.83. The molecule has 2 aromatic rings. The fraction of sp³-hybridized carbons (Fsp3) is 0.286. The number of nitrogens with zero attached hydrogens (tertiary/aromatic N) is 1. The number of Topliss-reactive ketones (excluding diaryl/α,β-unsaturated/α-hetero) is 1. The summed E-state index contributed by atoms with van der Waals surface area (Å²) in [6, 6.07) is 5.56. The van der Waals surface area contributed by atoms with Gasteiger partial charge in [-0.2, -0.15) is 0 Å². The van der Waals surface area contributed by atoms with Crippen LogP contribution in [0.2, 0.25) is 0 Å². The molecule has 1 N–H and O–H groups in total. The highest BCUT2D eigenvalue weighted by molar-refractivity contribution is 7.89. The monoisotopic (exact) mass is 324 g/mol. The smallest absolute Gasteiger partial charge is 0.241 e. The highest BCUT2D eigenvalue weighted by Crippen LogP contribution is 2.22. The van der Waals surface area contributed by atoms with Gasteiger partial charge < -0.3 is 0 Å². The van der Waals surface area contributed by atoms with Gasteiger partial charge in [0.15, 0.2) is 5.78 Å². The van der Waals surface area contributed by atoms with Crippen LogP contribution < -0.4 is 4.72 Å². The molecule has 0 radical (unpaired) electrons. The molecule has 0 bridgehead atoms. The second-order valence-corrected chi connectivity index (χ2v) is 7.17. The first-order chi connectivity index (χ1) is 9.94. The Morgan fingerprint density at radius 3 is 2.48 bits per heavy atom. The molecule has 0 spiro atoms. The van der Waals surface area contributed by atoms with E-state index >= 15 is 0 Å². The first-order valence-electron chi connectivity index (χ1n) is 6.46. The van der Waals surface area contributed by atoms with Gasteiger partial charge in [-0.25, -0.2) is 18.1 Å². The van der Waals surface area contributed by atoms with Gasteiger partial charge in [-0.05, 0) is 25.5 Å². The van der Waals surface area contributed by atoms with Crippen LogP contribution in [0.25, 0.3) is 0 Å². The van der Waals surface area contributed by atoms with Crippen LogP contribution in [-0.4, -0.2) is 19.2 Å². The third kappa shape index (κ3) is 3.75. The third-order valence-corrected chi connectivity index (χ3v) is 5.40. The Kier molecular flexibility index (Phi) is 4.87. The van der Waals surface area contributed by atoms with E-state index in [2.05, 4.69) is 9.71 Å². The summed E-state index contributed by atoms with van der Waals surface area (Å²) in [6.45, 7) is 3.34. The van der Waals surface area contributed by atoms with E-state index in [1.807, 2.05) is 12.3 Å². The molecule has 1 heterocycles. The van der Waals surface area contributed by atoms with Crippen molar-refractivity contribution in [3.63, 3.8) is 0 Å². The van der Waals surface area contributed by atoms with Gasteiger partial charge in [0, 0.05) is 17.1 Å². The normalized spacial score (nSPS) is 13.0. The summed E-state index contributed by atoms with van der Waals surface area (Å²) >= 11 is 1.42. The van der Waals surface area contributed by atoms with Gasteiger partial charge >= 0.3 is 0 Å². The molecule has 0 saturated carbocycles. The van der Waals surface area contributed by atoms with E-state index in [1.54, 1.807) is 6.20 Å². The lowest BCUT2D eigenvalue weighted by molar-refractivity contribution is 0.101. The summed E-state index contributed by atoms with van der Waals surface area (Å²) < 4.78 is 27.4. The van der Waals surface area contributed by atoms with Crippen molar-refractivity contribution in [1.29, 1.82) is 0 Å². The Morgan fingerprint density at radius 2 is 2.00 bits per heavy atom. The molecule has 21 heavy (non-hydrogen) atoms. The average Bonchev–Trinajstić information content (AvgIpc) is 2.99. The molecule has 1 unspecified atom stereocenters. The molecule has 0 aliphatic carbocycles. The number of sulfonamides is 1. The Morgan fingerprint density at radius 1 is 1.33 bits per heavy atom. The number of hydrogen-bond acceptors (Lipinski definition) is 5. The number of rotatable bonds is 6. The number of hydrogen-bond donors (Lipinski definition) is 1. The lowest BCUT2D eigenvalue weighted by Gasteiger charge is -2.14. The van der Waals surface area contributed by atoms with E-state index in [0.717, 1.165) is 5.01 Å². The molecule has 1 atom stereocenters. The van der Waals surface area contributed by atoms with E-state index in [-0.39, 0.29) is 16.7 Å². The summed E-state index contributed by atoms with van der Waals surface area (Å²) in [5, 5.41) is 2.55. The van der Waals surface area contributed by atoms with Crippen molar-refractivity contribution >= 4 is 27.1 Å². The van der Waals surface area contributed by atoms with Crippen LogP contribution in [0.15, 0.2) is 40.7 Å². The zero-order valence-corrected chi connectivity index (χ0v) is 13.4. The van der Waals surface area contributed by atoms with E-state index in [9.17, 15) is 13.2 Å². The maximum atomic E-state index is 12.4. The molecular formula is C14H16N2O3S2. The average molecular weight is 324 g/mol. The Balaban J connectivity index is 2.23. The van der Waals surface area contributed by atoms with Crippen LogP contribution in [0.3, 0.4) is 0 Å². The van der Waals surface area contributed by atoms with Gasteiger partial charge in [-0.3, -0.25) is 4.79 Å². The summed E-state index contributed by atoms with van der Waals surface area (Å²) in [6.07, 6.45) is 2.26. The van der Waals surface area contributed by atoms with E-state index in [1.165, 1.54) is 42.5 Å². The van der Waals surface area contributed by atoms with Crippen LogP contribution in [0.1, 0.15) is 41.7 Å². The zero-order chi connectivity index (χ0) is 15.5. The number of carbonyl (C=O) groups excluding carboxylic acids is 1. The highest BCUT2D eigenvalue weighted by Gasteiger charge is 2.21. The summed E-state index contributed by atoms with van der Waals surface area (Å²) in [5.41, 5.74) is 0.487. The minimum Gasteiger partial charge on any atom is -0.295 e. The maximum absolute atomic E-state index is 12.4. The van der Waals surface area contributed by atoms with Crippen LogP contribution in [0, 0.1) is 0 Å². The molecule has 2 rings (SSSR count). The molecule has 0 amide bonds. The quantitative estimate of drug-likeness (QED) is 0.829. The molecule has 0 aliphatic rings. The molecule has 0 saturated heterocycles. The fourth-order valence-electron chi connectivity index (χ4n) is 1.84. The highest BCUT2D eigenvalue weighted by atomic mass is 32.2. The maximum Gasteiger partial charge on any atom is 0.241 e. The van der Waals surface area contributed by atoms with Crippen LogP contribution in [-0.2, 0) is 10.0 Å². The Bertz CT molecular complexity index is 707. The van der Waals surface area contributed by atoms with E-state index in [0.29, 0.717) is 12.0 Å². The van der Waals surface area contributed by atoms with E-state index in [4.69, 9.17) is 0 Å². The van der Waals surface area contributed by atoms with Gasteiger partial charge in [0.05, 0.1) is 10.9 Å². The number of benzene rings is 1. The molecule has 112 valence electrons. The predicted molar refractivity (Wildman–Crippen MR) is 81.9 cm³/mol. The Hall–Kier alpha value is -1.57. The number of ketones is 1. The minimum absolute atomic E-state index is 0.0962.